The van der Waals surface area contributed by atoms with Crippen LogP contribution in [0.5, 0.6) is 0 Å². The van der Waals surface area contributed by atoms with Gasteiger partial charge in [-0.3, -0.25) is 10.1 Å². The van der Waals surface area contributed by atoms with E-state index in [1.165, 1.54) is 11.0 Å². The first kappa shape index (κ1) is 13.4. The van der Waals surface area contributed by atoms with Gasteiger partial charge in [-0.1, -0.05) is 36.6 Å². The van der Waals surface area contributed by atoms with Crippen LogP contribution in [-0.2, 0) is 11.3 Å². The summed E-state index contributed by atoms with van der Waals surface area (Å²) in [7, 11) is 0. The summed E-state index contributed by atoms with van der Waals surface area (Å²) in [6.07, 6.45) is 3.06. The molecule has 2 aliphatic rings. The lowest BCUT2D eigenvalue weighted by molar-refractivity contribution is -0.126. The molecule has 3 amide bonds. The van der Waals surface area contributed by atoms with Crippen molar-refractivity contribution in [1.29, 1.82) is 0 Å². The van der Waals surface area contributed by atoms with Crippen molar-refractivity contribution in [2.24, 2.45) is 0 Å². The highest BCUT2D eigenvalue weighted by Crippen LogP contribution is 2.39. The van der Waals surface area contributed by atoms with Crippen molar-refractivity contribution in [1.82, 2.24) is 10.2 Å². The quantitative estimate of drug-likeness (QED) is 0.853. The number of amides is 3. The van der Waals surface area contributed by atoms with Crippen molar-refractivity contribution < 1.29 is 14.0 Å². The van der Waals surface area contributed by atoms with Gasteiger partial charge in [0.25, 0.3) is 5.91 Å². The molecule has 6 heteroatoms. The number of carbonyl (C=O) groups is 2. The van der Waals surface area contributed by atoms with Crippen LogP contribution in [0.1, 0.15) is 31.2 Å². The van der Waals surface area contributed by atoms with Gasteiger partial charge in [-0.2, -0.15) is 0 Å². The third-order valence-electron chi connectivity index (χ3n) is 4.20. The second-order valence-corrected chi connectivity index (χ2v) is 5.70. The first-order chi connectivity index (χ1) is 9.54. The summed E-state index contributed by atoms with van der Waals surface area (Å²) in [6, 6.07) is 4.23. The summed E-state index contributed by atoms with van der Waals surface area (Å²) in [6.45, 7) is 0.0595. The Morgan fingerprint density at radius 2 is 2.00 bits per heavy atom. The molecule has 1 aromatic carbocycles. The van der Waals surface area contributed by atoms with Crippen LogP contribution in [-0.4, -0.2) is 22.4 Å². The highest BCUT2D eigenvalue weighted by atomic mass is 35.5. The summed E-state index contributed by atoms with van der Waals surface area (Å²) >= 11 is 5.75. The van der Waals surface area contributed by atoms with Crippen molar-refractivity contribution in [3.8, 4) is 0 Å². The van der Waals surface area contributed by atoms with Crippen LogP contribution in [0.15, 0.2) is 18.2 Å². The standard InChI is InChI=1S/C14H14ClFN2O2/c15-10-5-3-4-9(11(10)16)8-18-13(20)17-12(19)14(18)6-1-2-7-14/h3-5H,1-2,6-8H2,(H,17,19,20). The van der Waals surface area contributed by atoms with E-state index in [1.54, 1.807) is 12.1 Å². The van der Waals surface area contributed by atoms with Crippen molar-refractivity contribution in [2.75, 3.05) is 0 Å². The second kappa shape index (κ2) is 4.74. The Labute approximate surface area is 120 Å². The Morgan fingerprint density at radius 3 is 2.70 bits per heavy atom. The largest absolute Gasteiger partial charge is 0.325 e. The molecule has 1 saturated heterocycles. The van der Waals surface area contributed by atoms with E-state index in [1.807, 2.05) is 0 Å². The Morgan fingerprint density at radius 1 is 1.30 bits per heavy atom. The maximum absolute atomic E-state index is 14.0. The highest BCUT2D eigenvalue weighted by Gasteiger charge is 2.54. The third-order valence-corrected chi connectivity index (χ3v) is 4.49. The van der Waals surface area contributed by atoms with Crippen LogP contribution in [0.25, 0.3) is 0 Å². The Hall–Kier alpha value is -1.62. The van der Waals surface area contributed by atoms with E-state index in [0.29, 0.717) is 18.4 Å². The van der Waals surface area contributed by atoms with Gasteiger partial charge in [-0.25, -0.2) is 9.18 Å². The lowest BCUT2D eigenvalue weighted by Crippen LogP contribution is -2.46. The number of imide groups is 1. The molecule has 1 aromatic rings. The topological polar surface area (TPSA) is 49.4 Å². The minimum absolute atomic E-state index is 0.0221. The van der Waals surface area contributed by atoms with E-state index >= 15 is 0 Å². The number of urea groups is 1. The van der Waals surface area contributed by atoms with E-state index in [0.717, 1.165) is 12.8 Å². The van der Waals surface area contributed by atoms with E-state index in [4.69, 9.17) is 11.6 Å². The smallest absolute Gasteiger partial charge is 0.305 e. The summed E-state index contributed by atoms with van der Waals surface area (Å²) in [5.74, 6) is -0.795. The number of benzene rings is 1. The molecule has 106 valence electrons. The number of nitrogens with zero attached hydrogens (tertiary/aromatic N) is 1. The lowest BCUT2D eigenvalue weighted by atomic mass is 9.95. The highest BCUT2D eigenvalue weighted by molar-refractivity contribution is 6.30. The van der Waals surface area contributed by atoms with Gasteiger partial charge >= 0.3 is 6.03 Å². The predicted molar refractivity (Wildman–Crippen MR) is 71.7 cm³/mol. The molecule has 1 aliphatic carbocycles. The normalized spacial score (nSPS) is 20.8. The van der Waals surface area contributed by atoms with Gasteiger partial charge in [0.05, 0.1) is 11.6 Å². The molecule has 20 heavy (non-hydrogen) atoms. The SMILES string of the molecule is O=C1NC(=O)C2(CCCC2)N1Cc1cccc(Cl)c1F. The molecule has 0 bridgehead atoms. The summed E-state index contributed by atoms with van der Waals surface area (Å²) in [5, 5.41) is 2.37. The minimum Gasteiger partial charge on any atom is -0.305 e. The monoisotopic (exact) mass is 296 g/mol. The summed E-state index contributed by atoms with van der Waals surface area (Å²) in [4.78, 5) is 25.5. The minimum atomic E-state index is -0.800. The van der Waals surface area contributed by atoms with Gasteiger partial charge in [0.2, 0.25) is 0 Å². The fourth-order valence-electron chi connectivity index (χ4n) is 3.12. The Kier molecular flexibility index (Phi) is 3.17. The molecule has 0 atom stereocenters. The average Bonchev–Trinajstić information content (AvgIpc) is 2.97. The first-order valence-electron chi connectivity index (χ1n) is 6.60. The van der Waals surface area contributed by atoms with E-state index in [9.17, 15) is 14.0 Å². The van der Waals surface area contributed by atoms with Gasteiger partial charge in [-0.15, -0.1) is 0 Å². The molecule has 3 rings (SSSR count). The predicted octanol–water partition coefficient (Wildman–Crippen LogP) is 2.84. The molecule has 1 aliphatic heterocycles. The van der Waals surface area contributed by atoms with Crippen molar-refractivity contribution in [3.05, 3.63) is 34.6 Å². The van der Waals surface area contributed by atoms with Crippen molar-refractivity contribution >= 4 is 23.5 Å². The van der Waals surface area contributed by atoms with E-state index in [2.05, 4.69) is 5.32 Å². The number of hydrogen-bond donors (Lipinski definition) is 1. The van der Waals surface area contributed by atoms with Gasteiger partial charge in [0, 0.05) is 5.56 Å². The molecule has 0 unspecified atom stereocenters. The molecule has 1 N–H and O–H groups in total. The van der Waals surface area contributed by atoms with Crippen molar-refractivity contribution in [2.45, 2.75) is 37.8 Å². The molecule has 0 radical (unpaired) electrons. The van der Waals surface area contributed by atoms with Crippen LogP contribution < -0.4 is 5.32 Å². The zero-order valence-corrected chi connectivity index (χ0v) is 11.5. The second-order valence-electron chi connectivity index (χ2n) is 5.30. The van der Waals surface area contributed by atoms with Gasteiger partial charge in [0.15, 0.2) is 0 Å². The maximum atomic E-state index is 14.0. The van der Waals surface area contributed by atoms with Crippen LogP contribution >= 0.6 is 11.6 Å². The Balaban J connectivity index is 1.94. The molecular weight excluding hydrogens is 283 g/mol. The van der Waals surface area contributed by atoms with Gasteiger partial charge in [-0.05, 0) is 18.9 Å². The van der Waals surface area contributed by atoms with E-state index in [-0.39, 0.29) is 17.5 Å². The van der Waals surface area contributed by atoms with Gasteiger partial charge in [0.1, 0.15) is 11.4 Å². The summed E-state index contributed by atoms with van der Waals surface area (Å²) in [5.41, 5.74) is -0.472. The molecule has 4 nitrogen and oxygen atoms in total. The van der Waals surface area contributed by atoms with Crippen LogP contribution in [0.4, 0.5) is 9.18 Å². The number of carbonyl (C=O) groups excluding carboxylic acids is 2. The third kappa shape index (κ3) is 1.88. The molecule has 1 spiro atoms. The zero-order valence-electron chi connectivity index (χ0n) is 10.8. The van der Waals surface area contributed by atoms with Gasteiger partial charge < -0.3 is 4.90 Å². The first-order valence-corrected chi connectivity index (χ1v) is 6.98. The van der Waals surface area contributed by atoms with Crippen molar-refractivity contribution in [3.63, 3.8) is 0 Å². The lowest BCUT2D eigenvalue weighted by Gasteiger charge is -2.31. The number of rotatable bonds is 2. The molecule has 1 saturated carbocycles. The summed E-state index contributed by atoms with van der Waals surface area (Å²) < 4.78 is 14.0. The average molecular weight is 297 g/mol. The number of hydrogen-bond acceptors (Lipinski definition) is 2. The molecule has 1 heterocycles. The maximum Gasteiger partial charge on any atom is 0.325 e. The fourth-order valence-corrected chi connectivity index (χ4v) is 3.31. The fraction of sp³-hybridized carbons (Fsp3) is 0.429. The Bertz CT molecular complexity index is 585. The number of halogens is 2. The van der Waals surface area contributed by atoms with E-state index < -0.39 is 17.4 Å². The molecule has 2 fully saturated rings. The molecular formula is C14H14ClFN2O2. The zero-order chi connectivity index (χ0) is 14.3. The van der Waals surface area contributed by atoms with Crippen LogP contribution in [0.2, 0.25) is 5.02 Å². The van der Waals surface area contributed by atoms with Crippen LogP contribution in [0, 0.1) is 5.82 Å². The molecule has 0 aromatic heterocycles. The number of nitrogens with one attached hydrogen (secondary N) is 1. The van der Waals surface area contributed by atoms with Crippen LogP contribution in [0.3, 0.4) is 0 Å².